The molecule has 216 valence electrons. The van der Waals surface area contributed by atoms with Crippen molar-refractivity contribution in [3.05, 3.63) is 99.2 Å². The molecule has 0 saturated carbocycles. The lowest BCUT2D eigenvalue weighted by atomic mass is 9.87. The Morgan fingerprint density at radius 2 is 1.63 bits per heavy atom. The third-order valence-corrected chi connectivity index (χ3v) is 7.36. The van der Waals surface area contributed by atoms with Crippen LogP contribution in [-0.4, -0.2) is 37.6 Å². The maximum atomic E-state index is 13.0. The summed E-state index contributed by atoms with van der Waals surface area (Å²) in [4.78, 5) is 24.3. The third kappa shape index (κ3) is 7.06. The number of methoxy groups -OCH3 is 1. The zero-order chi connectivity index (χ0) is 29.7. The van der Waals surface area contributed by atoms with E-state index in [1.165, 1.54) is 17.4 Å². The zero-order valence-electron chi connectivity index (χ0n) is 24.5. The van der Waals surface area contributed by atoms with Crippen molar-refractivity contribution < 1.29 is 19.7 Å². The largest absolute Gasteiger partial charge is 0.508 e. The number of aryl methyl sites for hydroxylation is 2. The van der Waals surface area contributed by atoms with Crippen LogP contribution in [0.15, 0.2) is 65.5 Å². The zero-order valence-corrected chi connectivity index (χ0v) is 24.5. The van der Waals surface area contributed by atoms with Gasteiger partial charge in [-0.3, -0.25) is 9.36 Å². The Balaban J connectivity index is 1.44. The Morgan fingerprint density at radius 3 is 2.24 bits per heavy atom. The number of phenols is 1. The van der Waals surface area contributed by atoms with Gasteiger partial charge in [0.15, 0.2) is 0 Å². The molecule has 0 bridgehead atoms. The van der Waals surface area contributed by atoms with Crippen molar-refractivity contribution in [3.8, 4) is 22.6 Å². The molecule has 0 aliphatic carbocycles. The first-order valence-corrected chi connectivity index (χ1v) is 14.0. The fourth-order valence-corrected chi connectivity index (χ4v) is 5.03. The van der Waals surface area contributed by atoms with Crippen LogP contribution in [0.25, 0.3) is 11.1 Å². The van der Waals surface area contributed by atoms with Gasteiger partial charge in [0.1, 0.15) is 17.3 Å². The van der Waals surface area contributed by atoms with Crippen molar-refractivity contribution in [3.63, 3.8) is 0 Å². The molecule has 41 heavy (non-hydrogen) atoms. The minimum atomic E-state index is -0.938. The Labute approximate surface area is 240 Å². The first-order chi connectivity index (χ1) is 19.5. The lowest BCUT2D eigenvalue weighted by Crippen LogP contribution is -2.25. The van der Waals surface area contributed by atoms with E-state index >= 15 is 0 Å². The van der Waals surface area contributed by atoms with Crippen molar-refractivity contribution in [2.24, 2.45) is 0 Å². The molecule has 0 atom stereocenters. The molecule has 0 saturated heterocycles. The molecule has 2 N–H and O–H groups in total. The molecule has 0 aliphatic heterocycles. The normalized spacial score (nSPS) is 11.5. The van der Waals surface area contributed by atoms with E-state index in [4.69, 9.17) is 4.74 Å². The van der Waals surface area contributed by atoms with Crippen molar-refractivity contribution in [2.45, 2.75) is 71.9 Å². The van der Waals surface area contributed by atoms with E-state index in [0.29, 0.717) is 37.2 Å². The molecule has 0 fully saturated rings. The fourth-order valence-electron chi connectivity index (χ4n) is 5.03. The molecule has 0 radical (unpaired) electrons. The molecule has 3 aromatic carbocycles. The fraction of sp³-hybridized carbons (Fsp3) is 0.364. The summed E-state index contributed by atoms with van der Waals surface area (Å²) in [5.74, 6) is 0.495. The highest BCUT2D eigenvalue weighted by molar-refractivity contribution is 5.74. The number of benzene rings is 3. The summed E-state index contributed by atoms with van der Waals surface area (Å²) in [5.41, 5.74) is 5.20. The van der Waals surface area contributed by atoms with Gasteiger partial charge in [-0.25, -0.2) is 9.48 Å². The van der Waals surface area contributed by atoms with E-state index in [1.54, 1.807) is 22.8 Å². The van der Waals surface area contributed by atoms with Gasteiger partial charge in [-0.2, -0.15) is 5.10 Å². The molecule has 0 aliphatic rings. The summed E-state index contributed by atoms with van der Waals surface area (Å²) in [6, 6.07) is 19.2. The highest BCUT2D eigenvalue weighted by Crippen LogP contribution is 2.31. The predicted molar refractivity (Wildman–Crippen MR) is 160 cm³/mol. The number of nitrogens with zero attached hydrogens (tertiary/aromatic N) is 3. The molecule has 1 aromatic heterocycles. The SMILES string of the molecule is CCn1c(CCCc2ccc(-c3ccc(OC)c(CC(=O)O)c3)cc2O)nn(Cc2ccc(C(C)(C)C)cc2)c1=O. The number of carboxylic acids is 1. The van der Waals surface area contributed by atoms with Crippen molar-refractivity contribution in [2.75, 3.05) is 7.11 Å². The van der Waals surface area contributed by atoms with E-state index < -0.39 is 5.97 Å². The number of ether oxygens (including phenoxy) is 1. The maximum absolute atomic E-state index is 13.0. The number of rotatable bonds is 11. The number of hydrogen-bond donors (Lipinski definition) is 2. The average Bonchev–Trinajstić information content (AvgIpc) is 3.22. The monoisotopic (exact) mass is 557 g/mol. The number of aromatic hydroxyl groups is 1. The Hall–Kier alpha value is -4.33. The summed E-state index contributed by atoms with van der Waals surface area (Å²) >= 11 is 0. The number of phenolic OH excluding ortho intramolecular Hbond substituents is 1. The summed E-state index contributed by atoms with van der Waals surface area (Å²) in [7, 11) is 1.51. The van der Waals surface area contributed by atoms with Crippen LogP contribution in [0.2, 0.25) is 0 Å². The van der Waals surface area contributed by atoms with Crippen molar-refractivity contribution >= 4 is 5.97 Å². The molecular formula is C33H39N3O5. The van der Waals surface area contributed by atoms with Crippen LogP contribution in [0.4, 0.5) is 0 Å². The molecule has 0 spiro atoms. The van der Waals surface area contributed by atoms with Crippen LogP contribution in [-0.2, 0) is 42.6 Å². The summed E-state index contributed by atoms with van der Waals surface area (Å²) < 4.78 is 8.54. The second-order valence-corrected chi connectivity index (χ2v) is 11.3. The van der Waals surface area contributed by atoms with Crippen molar-refractivity contribution in [1.29, 1.82) is 0 Å². The molecule has 4 aromatic rings. The quantitative estimate of drug-likeness (QED) is 0.249. The van der Waals surface area contributed by atoms with Gasteiger partial charge < -0.3 is 14.9 Å². The summed E-state index contributed by atoms with van der Waals surface area (Å²) in [6.07, 6.45) is 1.80. The first-order valence-electron chi connectivity index (χ1n) is 14.0. The van der Waals surface area contributed by atoms with E-state index in [2.05, 4.69) is 50.1 Å². The lowest BCUT2D eigenvalue weighted by Gasteiger charge is -2.19. The first kappa shape index (κ1) is 29.6. The van der Waals surface area contributed by atoms with Crippen LogP contribution < -0.4 is 10.4 Å². The van der Waals surface area contributed by atoms with Crippen LogP contribution in [0.1, 0.15) is 62.2 Å². The van der Waals surface area contributed by atoms with Crippen LogP contribution in [0.5, 0.6) is 11.5 Å². The van der Waals surface area contributed by atoms with Gasteiger partial charge in [0.05, 0.1) is 20.1 Å². The van der Waals surface area contributed by atoms with Crippen LogP contribution in [0.3, 0.4) is 0 Å². The Bertz CT molecular complexity index is 1580. The van der Waals surface area contributed by atoms with Gasteiger partial charge in [0.2, 0.25) is 0 Å². The molecule has 0 unspecified atom stereocenters. The number of carboxylic acid groups (broad SMARTS) is 1. The van der Waals surface area contributed by atoms with Crippen LogP contribution >= 0.6 is 0 Å². The van der Waals surface area contributed by atoms with Gasteiger partial charge in [-0.05, 0) is 71.2 Å². The topological polar surface area (TPSA) is 107 Å². The van der Waals surface area contributed by atoms with Crippen LogP contribution in [0, 0.1) is 0 Å². The van der Waals surface area contributed by atoms with E-state index in [0.717, 1.165) is 34.5 Å². The Morgan fingerprint density at radius 1 is 0.951 bits per heavy atom. The van der Waals surface area contributed by atoms with E-state index in [1.807, 2.05) is 25.1 Å². The third-order valence-electron chi connectivity index (χ3n) is 7.36. The minimum Gasteiger partial charge on any atom is -0.508 e. The molecule has 0 amide bonds. The standard InChI is InChI=1S/C33H39N3O5/c1-6-35-30(34-36(32(35)40)21-22-10-15-27(16-11-22)33(2,3)4)9-7-8-23-12-13-25(19-28(23)37)24-14-17-29(41-5)26(18-24)20-31(38)39/h10-19,37H,6-9,20-21H2,1-5H3,(H,38,39). The van der Waals surface area contributed by atoms with Gasteiger partial charge >= 0.3 is 11.7 Å². The smallest absolute Gasteiger partial charge is 0.346 e. The second kappa shape index (κ2) is 12.5. The lowest BCUT2D eigenvalue weighted by molar-refractivity contribution is -0.136. The highest BCUT2D eigenvalue weighted by Gasteiger charge is 2.16. The van der Waals surface area contributed by atoms with Gasteiger partial charge in [-0.15, -0.1) is 0 Å². The average molecular weight is 558 g/mol. The minimum absolute atomic E-state index is 0.0717. The van der Waals surface area contributed by atoms with Gasteiger partial charge in [0, 0.05) is 18.5 Å². The molecular weight excluding hydrogens is 518 g/mol. The number of carbonyl (C=O) groups is 1. The summed E-state index contributed by atoms with van der Waals surface area (Å²) in [6.45, 7) is 9.44. The number of aliphatic carboxylic acids is 1. The molecule has 1 heterocycles. The van der Waals surface area contributed by atoms with E-state index in [-0.39, 0.29) is 23.3 Å². The molecule has 4 rings (SSSR count). The number of hydrogen-bond acceptors (Lipinski definition) is 5. The Kier molecular flexibility index (Phi) is 9.01. The van der Waals surface area contributed by atoms with Gasteiger partial charge in [0.25, 0.3) is 0 Å². The maximum Gasteiger partial charge on any atom is 0.346 e. The van der Waals surface area contributed by atoms with E-state index in [9.17, 15) is 19.8 Å². The second-order valence-electron chi connectivity index (χ2n) is 11.3. The predicted octanol–water partition coefficient (Wildman–Crippen LogP) is 5.59. The van der Waals surface area contributed by atoms with Gasteiger partial charge in [-0.1, -0.05) is 63.2 Å². The molecule has 8 nitrogen and oxygen atoms in total. The molecule has 8 heteroatoms. The highest BCUT2D eigenvalue weighted by atomic mass is 16.5. The number of aromatic nitrogens is 3. The van der Waals surface area contributed by atoms with Crippen molar-refractivity contribution in [1.82, 2.24) is 14.3 Å². The summed E-state index contributed by atoms with van der Waals surface area (Å²) in [5, 5.41) is 24.6.